The lowest BCUT2D eigenvalue weighted by atomic mass is 10.0. The van der Waals surface area contributed by atoms with Crippen molar-refractivity contribution in [2.45, 2.75) is 18.9 Å². The molecule has 0 aliphatic carbocycles. The van der Waals surface area contributed by atoms with Crippen LogP contribution in [-0.4, -0.2) is 37.2 Å². The zero-order valence-electron chi connectivity index (χ0n) is 14.5. The first-order valence-electron chi connectivity index (χ1n) is 8.45. The van der Waals surface area contributed by atoms with Crippen molar-refractivity contribution >= 4 is 33.0 Å². The summed E-state index contributed by atoms with van der Waals surface area (Å²) >= 11 is 3.31. The molecule has 1 saturated heterocycles. The molecule has 0 spiro atoms. The minimum Gasteiger partial charge on any atom is -0.341 e. The highest BCUT2D eigenvalue weighted by molar-refractivity contribution is 9.10. The average Bonchev–Trinajstić information content (AvgIpc) is 2.68. The lowest BCUT2D eigenvalue weighted by Crippen LogP contribution is -2.45. The van der Waals surface area contributed by atoms with Crippen molar-refractivity contribution in [2.24, 2.45) is 7.05 Å². The maximum Gasteiger partial charge on any atom is 0.318 e. The van der Waals surface area contributed by atoms with Crippen LogP contribution in [0.1, 0.15) is 18.9 Å². The van der Waals surface area contributed by atoms with Crippen LogP contribution in [0, 0.1) is 5.82 Å². The summed E-state index contributed by atoms with van der Waals surface area (Å²) in [6.45, 7) is 1.27. The van der Waals surface area contributed by atoms with E-state index < -0.39 is 16.9 Å². The Morgan fingerprint density at radius 2 is 1.74 bits per heavy atom. The molecule has 1 aliphatic rings. The number of aromatic nitrogens is 5. The molecular weight excluding hydrogens is 419 g/mol. The molecule has 27 heavy (non-hydrogen) atoms. The second-order valence-corrected chi connectivity index (χ2v) is 7.37. The summed E-state index contributed by atoms with van der Waals surface area (Å²) in [5, 5.41) is 0. The highest BCUT2D eigenvalue weighted by Crippen LogP contribution is 2.25. The standard InChI is InChI=1S/C17H16BrFN6O2/c1-23-13-6-11(19)9-20-14(13)25(16(27)15(23)26)12-2-4-24(5-3-12)17-21-7-10(18)8-22-17/h6-9,12H,2-5H2,1H3. The molecule has 8 nitrogen and oxygen atoms in total. The summed E-state index contributed by atoms with van der Waals surface area (Å²) in [6, 6.07) is 1.03. The predicted octanol–water partition coefficient (Wildman–Crippen LogP) is 1.63. The van der Waals surface area contributed by atoms with Crippen molar-refractivity contribution in [3.8, 4) is 0 Å². The number of halogens is 2. The topological polar surface area (TPSA) is 85.9 Å². The molecule has 0 aromatic carbocycles. The van der Waals surface area contributed by atoms with Gasteiger partial charge in [0.05, 0.1) is 16.2 Å². The minimum absolute atomic E-state index is 0.196. The van der Waals surface area contributed by atoms with E-state index in [-0.39, 0.29) is 6.04 Å². The normalized spacial score (nSPS) is 15.4. The van der Waals surface area contributed by atoms with E-state index in [1.54, 1.807) is 12.4 Å². The van der Waals surface area contributed by atoms with Gasteiger partial charge in [0.1, 0.15) is 5.82 Å². The van der Waals surface area contributed by atoms with Crippen LogP contribution < -0.4 is 16.0 Å². The Bertz CT molecular complexity index is 1120. The number of rotatable bonds is 2. The van der Waals surface area contributed by atoms with Gasteiger partial charge in [0.25, 0.3) is 0 Å². The molecule has 140 valence electrons. The number of anilines is 1. The van der Waals surface area contributed by atoms with Gasteiger partial charge in [-0.2, -0.15) is 0 Å². The molecule has 0 unspecified atom stereocenters. The van der Waals surface area contributed by atoms with Crippen LogP contribution in [0.5, 0.6) is 0 Å². The maximum absolute atomic E-state index is 13.6. The van der Waals surface area contributed by atoms with Crippen molar-refractivity contribution in [1.29, 1.82) is 0 Å². The third-order valence-corrected chi connectivity index (χ3v) is 5.24. The molecule has 1 aliphatic heterocycles. The molecule has 3 aromatic heterocycles. The minimum atomic E-state index is -0.687. The number of fused-ring (bicyclic) bond motifs is 1. The molecule has 10 heteroatoms. The maximum atomic E-state index is 13.6. The van der Waals surface area contributed by atoms with Crippen molar-refractivity contribution in [3.05, 3.63) is 55.7 Å². The van der Waals surface area contributed by atoms with Crippen LogP contribution in [0.2, 0.25) is 0 Å². The molecule has 0 amide bonds. The van der Waals surface area contributed by atoms with Crippen LogP contribution in [0.4, 0.5) is 10.3 Å². The van der Waals surface area contributed by atoms with E-state index in [0.717, 1.165) is 15.2 Å². The van der Waals surface area contributed by atoms with Crippen molar-refractivity contribution in [3.63, 3.8) is 0 Å². The summed E-state index contributed by atoms with van der Waals surface area (Å²) in [5.74, 6) is 0.0722. The van der Waals surface area contributed by atoms with E-state index >= 15 is 0 Å². The Balaban J connectivity index is 1.69. The fourth-order valence-corrected chi connectivity index (χ4v) is 3.64. The zero-order valence-corrected chi connectivity index (χ0v) is 16.1. The highest BCUT2D eigenvalue weighted by atomic mass is 79.9. The first-order chi connectivity index (χ1) is 13.0. The number of pyridine rings is 1. The van der Waals surface area contributed by atoms with E-state index in [0.29, 0.717) is 43.0 Å². The van der Waals surface area contributed by atoms with E-state index in [2.05, 4.69) is 30.9 Å². The first-order valence-corrected chi connectivity index (χ1v) is 9.24. The van der Waals surface area contributed by atoms with Gasteiger partial charge < -0.3 is 9.47 Å². The van der Waals surface area contributed by atoms with Gasteiger partial charge in [-0.15, -0.1) is 0 Å². The Kier molecular flexibility index (Phi) is 4.50. The summed E-state index contributed by atoms with van der Waals surface area (Å²) in [4.78, 5) is 39.7. The molecule has 4 rings (SSSR count). The molecule has 0 radical (unpaired) electrons. The Labute approximate surface area is 161 Å². The quantitative estimate of drug-likeness (QED) is 0.569. The molecule has 0 atom stereocenters. The van der Waals surface area contributed by atoms with Crippen LogP contribution in [0.15, 0.2) is 38.7 Å². The molecule has 3 aromatic rings. The molecule has 0 saturated carbocycles. The second kappa shape index (κ2) is 6.84. The van der Waals surface area contributed by atoms with Crippen LogP contribution in [-0.2, 0) is 7.05 Å². The summed E-state index contributed by atoms with van der Waals surface area (Å²) in [7, 11) is 1.45. The van der Waals surface area contributed by atoms with Crippen LogP contribution >= 0.6 is 15.9 Å². The molecule has 1 fully saturated rings. The number of nitrogens with zero attached hydrogens (tertiary/aromatic N) is 6. The fourth-order valence-electron chi connectivity index (χ4n) is 3.44. The lowest BCUT2D eigenvalue weighted by molar-refractivity contribution is 0.389. The molecule has 0 bridgehead atoms. The summed E-state index contributed by atoms with van der Waals surface area (Å²) in [5.41, 5.74) is -0.698. The van der Waals surface area contributed by atoms with Gasteiger partial charge >= 0.3 is 11.1 Å². The van der Waals surface area contributed by atoms with E-state index in [1.807, 2.05) is 4.90 Å². The third-order valence-electron chi connectivity index (χ3n) is 4.83. The van der Waals surface area contributed by atoms with Gasteiger partial charge in [0.2, 0.25) is 5.95 Å². The van der Waals surface area contributed by atoms with Gasteiger partial charge in [0.15, 0.2) is 5.65 Å². The first kappa shape index (κ1) is 17.8. The zero-order chi connectivity index (χ0) is 19.1. The number of hydrogen-bond donors (Lipinski definition) is 0. The second-order valence-electron chi connectivity index (χ2n) is 6.46. The largest absolute Gasteiger partial charge is 0.341 e. The van der Waals surface area contributed by atoms with Crippen molar-refractivity contribution < 1.29 is 4.39 Å². The SMILES string of the molecule is Cn1c(=O)c(=O)n(C2CCN(c3ncc(Br)cn3)CC2)c2ncc(F)cc21. The van der Waals surface area contributed by atoms with Gasteiger partial charge in [-0.05, 0) is 28.8 Å². The van der Waals surface area contributed by atoms with E-state index in [4.69, 9.17) is 0 Å². The molecular formula is C17H16BrFN6O2. The van der Waals surface area contributed by atoms with Gasteiger partial charge in [0, 0.05) is 44.6 Å². The van der Waals surface area contributed by atoms with Gasteiger partial charge in [-0.1, -0.05) is 0 Å². The van der Waals surface area contributed by atoms with Crippen LogP contribution in [0.3, 0.4) is 0 Å². The van der Waals surface area contributed by atoms with E-state index in [1.165, 1.54) is 17.7 Å². The van der Waals surface area contributed by atoms with Crippen LogP contribution in [0.25, 0.3) is 11.2 Å². The molecule has 0 N–H and O–H groups in total. The number of hydrogen-bond acceptors (Lipinski definition) is 6. The third kappa shape index (κ3) is 3.14. The highest BCUT2D eigenvalue weighted by Gasteiger charge is 2.26. The van der Waals surface area contributed by atoms with Crippen molar-refractivity contribution in [2.75, 3.05) is 18.0 Å². The average molecular weight is 435 g/mol. The molecule has 4 heterocycles. The van der Waals surface area contributed by atoms with E-state index in [9.17, 15) is 14.0 Å². The Hall–Kier alpha value is -2.62. The predicted molar refractivity (Wildman–Crippen MR) is 101 cm³/mol. The van der Waals surface area contributed by atoms with Gasteiger partial charge in [-0.25, -0.2) is 19.3 Å². The summed E-state index contributed by atoms with van der Waals surface area (Å²) in [6.07, 6.45) is 5.69. The summed E-state index contributed by atoms with van der Waals surface area (Å²) < 4.78 is 17.0. The fraction of sp³-hybridized carbons (Fsp3) is 0.353. The van der Waals surface area contributed by atoms with Gasteiger partial charge in [-0.3, -0.25) is 14.2 Å². The smallest absolute Gasteiger partial charge is 0.318 e. The number of piperidine rings is 1. The Morgan fingerprint density at radius 3 is 2.41 bits per heavy atom. The van der Waals surface area contributed by atoms with Crippen molar-refractivity contribution in [1.82, 2.24) is 24.1 Å². The number of aryl methyl sites for hydroxylation is 1. The Morgan fingerprint density at radius 1 is 1.07 bits per heavy atom. The monoisotopic (exact) mass is 434 g/mol. The lowest BCUT2D eigenvalue weighted by Gasteiger charge is -2.33.